The first-order valence-corrected chi connectivity index (χ1v) is 12.1. The van der Waals surface area contributed by atoms with Crippen LogP contribution in [-0.2, 0) is 27.8 Å². The van der Waals surface area contributed by atoms with Gasteiger partial charge in [-0.05, 0) is 60.5 Å². The molecule has 0 N–H and O–H groups in total. The van der Waals surface area contributed by atoms with Crippen LogP contribution in [-0.4, -0.2) is 33.5 Å². The zero-order valence-electron chi connectivity index (χ0n) is 19.5. The molecule has 180 valence electrons. The average molecular weight is 486 g/mol. The highest BCUT2D eigenvalue weighted by Crippen LogP contribution is 2.27. The SMILES string of the molecule is C=C(OCC)c1ccc(S(=O)(=O)N(Cc2ccc(OC)cc2)Cc2ccc(OC)cc2)c(F)c1. The topological polar surface area (TPSA) is 65.1 Å². The van der Waals surface area contributed by atoms with Gasteiger partial charge in [0.15, 0.2) is 0 Å². The summed E-state index contributed by atoms with van der Waals surface area (Å²) in [5.74, 6) is 0.723. The highest BCUT2D eigenvalue weighted by Gasteiger charge is 2.28. The fraction of sp³-hybridized carbons (Fsp3) is 0.231. The van der Waals surface area contributed by atoms with Crippen LogP contribution in [0.5, 0.6) is 11.5 Å². The standard InChI is InChI=1S/C26H28FNO5S/c1-5-33-19(2)22-10-15-26(25(27)16-22)34(29,30)28(17-20-6-11-23(31-3)12-7-20)18-21-8-13-24(32-4)14-9-21/h6-16H,2,5,17-18H2,1,3-4H3. The highest BCUT2D eigenvalue weighted by molar-refractivity contribution is 7.89. The Morgan fingerprint density at radius 2 is 1.38 bits per heavy atom. The van der Waals surface area contributed by atoms with Gasteiger partial charge in [-0.25, -0.2) is 12.8 Å². The highest BCUT2D eigenvalue weighted by atomic mass is 32.2. The van der Waals surface area contributed by atoms with E-state index in [1.807, 2.05) is 0 Å². The molecule has 0 aliphatic rings. The van der Waals surface area contributed by atoms with Gasteiger partial charge in [0.2, 0.25) is 10.0 Å². The van der Waals surface area contributed by atoms with Crippen molar-refractivity contribution in [2.45, 2.75) is 24.9 Å². The summed E-state index contributed by atoms with van der Waals surface area (Å²) >= 11 is 0. The number of hydrogen-bond acceptors (Lipinski definition) is 5. The molecule has 0 aliphatic carbocycles. The quantitative estimate of drug-likeness (QED) is 0.348. The van der Waals surface area contributed by atoms with Gasteiger partial charge in [0.1, 0.15) is 28.0 Å². The number of rotatable bonds is 11. The number of sulfonamides is 1. The summed E-state index contributed by atoms with van der Waals surface area (Å²) in [5.41, 5.74) is 1.86. The molecular weight excluding hydrogens is 457 g/mol. The van der Waals surface area contributed by atoms with E-state index in [4.69, 9.17) is 14.2 Å². The van der Waals surface area contributed by atoms with Crippen LogP contribution in [0.3, 0.4) is 0 Å². The zero-order valence-corrected chi connectivity index (χ0v) is 20.3. The summed E-state index contributed by atoms with van der Waals surface area (Å²) in [6, 6.07) is 18.0. The molecule has 6 nitrogen and oxygen atoms in total. The Morgan fingerprint density at radius 1 is 0.882 bits per heavy atom. The molecule has 3 aromatic carbocycles. The molecule has 0 unspecified atom stereocenters. The number of methoxy groups -OCH3 is 2. The minimum Gasteiger partial charge on any atom is -0.497 e. The number of nitrogens with zero attached hydrogens (tertiary/aromatic N) is 1. The molecule has 3 rings (SSSR count). The molecule has 0 radical (unpaired) electrons. The summed E-state index contributed by atoms with van der Waals surface area (Å²) in [6.45, 7) is 6.01. The van der Waals surface area contributed by atoms with Crippen molar-refractivity contribution in [2.75, 3.05) is 20.8 Å². The third-order valence-corrected chi connectivity index (χ3v) is 7.05. The first-order valence-electron chi connectivity index (χ1n) is 10.7. The predicted molar refractivity (Wildman–Crippen MR) is 129 cm³/mol. The van der Waals surface area contributed by atoms with E-state index in [1.54, 1.807) is 69.7 Å². The smallest absolute Gasteiger partial charge is 0.246 e. The molecule has 0 fully saturated rings. The first-order chi connectivity index (χ1) is 16.3. The van der Waals surface area contributed by atoms with Gasteiger partial charge < -0.3 is 14.2 Å². The van der Waals surface area contributed by atoms with Crippen LogP contribution in [0, 0.1) is 5.82 Å². The Bertz CT molecular complexity index is 1180. The van der Waals surface area contributed by atoms with E-state index in [0.29, 0.717) is 23.7 Å². The van der Waals surface area contributed by atoms with Gasteiger partial charge in [0.05, 0.1) is 20.8 Å². The average Bonchev–Trinajstić information content (AvgIpc) is 2.84. The van der Waals surface area contributed by atoms with E-state index in [0.717, 1.165) is 17.2 Å². The van der Waals surface area contributed by atoms with Gasteiger partial charge in [0.25, 0.3) is 0 Å². The van der Waals surface area contributed by atoms with Crippen molar-refractivity contribution in [3.63, 3.8) is 0 Å². The van der Waals surface area contributed by atoms with Gasteiger partial charge in [0, 0.05) is 18.7 Å². The third kappa shape index (κ3) is 5.95. The van der Waals surface area contributed by atoms with E-state index in [1.165, 1.54) is 16.4 Å². The molecule has 0 amide bonds. The van der Waals surface area contributed by atoms with E-state index in [-0.39, 0.29) is 18.8 Å². The van der Waals surface area contributed by atoms with Crippen molar-refractivity contribution < 1.29 is 27.0 Å². The number of hydrogen-bond donors (Lipinski definition) is 0. The van der Waals surface area contributed by atoms with E-state index < -0.39 is 20.7 Å². The molecule has 34 heavy (non-hydrogen) atoms. The molecule has 0 aliphatic heterocycles. The van der Waals surface area contributed by atoms with Crippen molar-refractivity contribution >= 4 is 15.8 Å². The molecule has 8 heteroatoms. The van der Waals surface area contributed by atoms with Gasteiger partial charge in [-0.2, -0.15) is 4.31 Å². The van der Waals surface area contributed by atoms with Crippen molar-refractivity contribution in [1.82, 2.24) is 4.31 Å². The van der Waals surface area contributed by atoms with Gasteiger partial charge in [-0.3, -0.25) is 0 Å². The second-order valence-electron chi connectivity index (χ2n) is 7.47. The largest absolute Gasteiger partial charge is 0.497 e. The van der Waals surface area contributed by atoms with Crippen LogP contribution in [0.2, 0.25) is 0 Å². The Morgan fingerprint density at radius 3 is 1.79 bits per heavy atom. The lowest BCUT2D eigenvalue weighted by Crippen LogP contribution is -2.31. The zero-order chi connectivity index (χ0) is 24.7. The Hall–Kier alpha value is -3.36. The lowest BCUT2D eigenvalue weighted by atomic mass is 10.2. The van der Waals surface area contributed by atoms with Crippen LogP contribution >= 0.6 is 0 Å². The minimum absolute atomic E-state index is 0.0468. The Balaban J connectivity index is 1.97. The third-order valence-electron chi connectivity index (χ3n) is 5.23. The summed E-state index contributed by atoms with van der Waals surface area (Å²) in [5, 5.41) is 0. The number of ether oxygens (including phenoxy) is 3. The van der Waals surface area contributed by atoms with Crippen molar-refractivity contribution in [1.29, 1.82) is 0 Å². The van der Waals surface area contributed by atoms with E-state index >= 15 is 4.39 Å². The molecule has 0 saturated carbocycles. The second-order valence-corrected chi connectivity index (χ2v) is 9.38. The van der Waals surface area contributed by atoms with Crippen LogP contribution in [0.1, 0.15) is 23.6 Å². The van der Waals surface area contributed by atoms with Crippen molar-refractivity contribution in [3.8, 4) is 11.5 Å². The second kappa shape index (κ2) is 11.2. The van der Waals surface area contributed by atoms with Gasteiger partial charge in [-0.15, -0.1) is 0 Å². The maximum Gasteiger partial charge on any atom is 0.246 e. The Labute approximate surface area is 200 Å². The predicted octanol–water partition coefficient (Wildman–Crippen LogP) is 5.24. The van der Waals surface area contributed by atoms with E-state index in [9.17, 15) is 8.42 Å². The van der Waals surface area contributed by atoms with Gasteiger partial charge >= 0.3 is 0 Å². The molecule has 0 atom stereocenters. The van der Waals surface area contributed by atoms with E-state index in [2.05, 4.69) is 6.58 Å². The molecule has 3 aromatic rings. The molecular formula is C26H28FNO5S. The molecule has 0 bridgehead atoms. The number of benzene rings is 3. The maximum atomic E-state index is 15.0. The fourth-order valence-corrected chi connectivity index (χ4v) is 4.84. The normalized spacial score (nSPS) is 11.3. The lowest BCUT2D eigenvalue weighted by molar-refractivity contribution is 0.299. The molecule has 0 heterocycles. The summed E-state index contributed by atoms with van der Waals surface area (Å²) in [6.07, 6.45) is 0. The van der Waals surface area contributed by atoms with Crippen LogP contribution < -0.4 is 9.47 Å². The lowest BCUT2D eigenvalue weighted by Gasteiger charge is -2.23. The maximum absolute atomic E-state index is 15.0. The van der Waals surface area contributed by atoms with Crippen LogP contribution in [0.25, 0.3) is 5.76 Å². The monoisotopic (exact) mass is 485 g/mol. The molecule has 0 aromatic heterocycles. The molecule has 0 spiro atoms. The fourth-order valence-electron chi connectivity index (χ4n) is 3.38. The van der Waals surface area contributed by atoms with Crippen molar-refractivity contribution in [3.05, 3.63) is 95.8 Å². The summed E-state index contributed by atoms with van der Waals surface area (Å²) in [4.78, 5) is -0.414. The number of halogens is 1. The van der Waals surface area contributed by atoms with Gasteiger partial charge in [-0.1, -0.05) is 30.8 Å². The summed E-state index contributed by atoms with van der Waals surface area (Å²) < 4.78 is 59.2. The molecule has 0 saturated heterocycles. The van der Waals surface area contributed by atoms with Crippen LogP contribution in [0.4, 0.5) is 4.39 Å². The summed E-state index contributed by atoms with van der Waals surface area (Å²) in [7, 11) is -1.07. The minimum atomic E-state index is -4.19. The Kier molecular flexibility index (Phi) is 8.31. The van der Waals surface area contributed by atoms with Crippen molar-refractivity contribution in [2.24, 2.45) is 0 Å². The first kappa shape index (κ1) is 25.3. The van der Waals surface area contributed by atoms with Crippen LogP contribution in [0.15, 0.2) is 78.2 Å².